The molecule has 0 aromatic carbocycles. The largest absolute Gasteiger partial charge is 0.325 e. The van der Waals surface area contributed by atoms with E-state index in [0.29, 0.717) is 0 Å². The van der Waals surface area contributed by atoms with Crippen LogP contribution in [0.2, 0.25) is 0 Å². The van der Waals surface area contributed by atoms with E-state index in [9.17, 15) is 4.21 Å². The molecule has 0 heterocycles. The van der Waals surface area contributed by atoms with Crippen molar-refractivity contribution in [3.63, 3.8) is 0 Å². The molecule has 0 spiro atoms. The minimum absolute atomic E-state index is 0.147. The Bertz CT molecular complexity index is 111. The fourth-order valence-corrected chi connectivity index (χ4v) is 0.573. The molecular formula is C4H9NO2S. The van der Waals surface area contributed by atoms with Crippen LogP contribution in [-0.2, 0) is 11.1 Å². The predicted molar refractivity (Wildman–Crippen MR) is 33.6 cm³/mol. The molecule has 0 aromatic rings. The van der Waals surface area contributed by atoms with Gasteiger partial charge in [-0.25, -0.2) is 4.21 Å². The Morgan fingerprint density at radius 1 is 1.88 bits per heavy atom. The fourth-order valence-electron chi connectivity index (χ4n) is 0.191. The van der Waals surface area contributed by atoms with Crippen LogP contribution in [0.25, 0.3) is 0 Å². The summed E-state index contributed by atoms with van der Waals surface area (Å²) in [6, 6.07) is -0.147. The van der Waals surface area contributed by atoms with Gasteiger partial charge < -0.3 is 10.3 Å². The summed E-state index contributed by atoms with van der Waals surface area (Å²) in [5.74, 6) is 0. The SMILES string of the molecule is CC(N)/C=C/S(=O)O. The summed E-state index contributed by atoms with van der Waals surface area (Å²) in [7, 11) is 0. The average Bonchev–Trinajstić information content (AvgIpc) is 1.61. The summed E-state index contributed by atoms with van der Waals surface area (Å²) in [5, 5.41) is 1.14. The lowest BCUT2D eigenvalue weighted by Gasteiger charge is -1.89. The molecule has 0 aromatic heterocycles. The van der Waals surface area contributed by atoms with E-state index in [4.69, 9.17) is 10.3 Å². The Labute approximate surface area is 50.9 Å². The van der Waals surface area contributed by atoms with Crippen LogP contribution >= 0.6 is 0 Å². The van der Waals surface area contributed by atoms with Crippen LogP contribution in [0.3, 0.4) is 0 Å². The summed E-state index contributed by atoms with van der Waals surface area (Å²) in [5.41, 5.74) is 5.21. The molecule has 2 unspecified atom stereocenters. The van der Waals surface area contributed by atoms with Gasteiger partial charge >= 0.3 is 0 Å². The van der Waals surface area contributed by atoms with Crippen molar-refractivity contribution in [3.05, 3.63) is 11.5 Å². The number of hydrogen-bond acceptors (Lipinski definition) is 2. The molecule has 0 aliphatic heterocycles. The van der Waals surface area contributed by atoms with Gasteiger partial charge in [0.25, 0.3) is 0 Å². The van der Waals surface area contributed by atoms with E-state index < -0.39 is 11.1 Å². The first kappa shape index (κ1) is 7.81. The molecule has 48 valence electrons. The highest BCUT2D eigenvalue weighted by atomic mass is 32.2. The zero-order valence-electron chi connectivity index (χ0n) is 4.57. The molecule has 3 nitrogen and oxygen atoms in total. The van der Waals surface area contributed by atoms with Crippen molar-refractivity contribution in [2.24, 2.45) is 5.73 Å². The van der Waals surface area contributed by atoms with Crippen LogP contribution in [0.1, 0.15) is 6.92 Å². The number of rotatable bonds is 2. The first-order chi connectivity index (χ1) is 3.63. The van der Waals surface area contributed by atoms with Crippen molar-refractivity contribution >= 4 is 11.1 Å². The van der Waals surface area contributed by atoms with Gasteiger partial charge in [0, 0.05) is 11.4 Å². The quantitative estimate of drug-likeness (QED) is 0.526. The highest BCUT2D eigenvalue weighted by Gasteiger charge is 1.84. The van der Waals surface area contributed by atoms with Crippen LogP contribution in [0.4, 0.5) is 0 Å². The maximum absolute atomic E-state index is 9.87. The zero-order valence-corrected chi connectivity index (χ0v) is 5.39. The van der Waals surface area contributed by atoms with E-state index in [2.05, 4.69) is 0 Å². The molecule has 0 rings (SSSR count). The van der Waals surface area contributed by atoms with Crippen molar-refractivity contribution in [2.45, 2.75) is 13.0 Å². The Balaban J connectivity index is 3.50. The summed E-state index contributed by atoms with van der Waals surface area (Å²) in [4.78, 5) is 0. The maximum atomic E-state index is 9.87. The van der Waals surface area contributed by atoms with Crippen molar-refractivity contribution in [1.29, 1.82) is 0 Å². The summed E-state index contributed by atoms with van der Waals surface area (Å²) >= 11 is -1.85. The van der Waals surface area contributed by atoms with Gasteiger partial charge in [-0.05, 0) is 6.92 Å². The molecular weight excluding hydrogens is 126 g/mol. The van der Waals surface area contributed by atoms with Crippen molar-refractivity contribution in [2.75, 3.05) is 0 Å². The van der Waals surface area contributed by atoms with E-state index >= 15 is 0 Å². The third-order valence-corrected chi connectivity index (χ3v) is 0.889. The summed E-state index contributed by atoms with van der Waals surface area (Å²) in [6.45, 7) is 1.73. The second kappa shape index (κ2) is 3.77. The van der Waals surface area contributed by atoms with Gasteiger partial charge in [-0.1, -0.05) is 6.08 Å². The zero-order chi connectivity index (χ0) is 6.57. The van der Waals surface area contributed by atoms with Crippen LogP contribution in [0.5, 0.6) is 0 Å². The van der Waals surface area contributed by atoms with Crippen molar-refractivity contribution in [3.8, 4) is 0 Å². The predicted octanol–water partition coefficient (Wildman–Crippen LogP) is 0.0690. The van der Waals surface area contributed by atoms with Gasteiger partial charge in [0.05, 0.1) is 0 Å². The van der Waals surface area contributed by atoms with Crippen LogP contribution in [0, 0.1) is 0 Å². The molecule has 0 aliphatic rings. The molecule has 0 radical (unpaired) electrons. The minimum Gasteiger partial charge on any atom is -0.325 e. The third kappa shape index (κ3) is 5.81. The number of hydrogen-bond donors (Lipinski definition) is 2. The Kier molecular flexibility index (Phi) is 3.68. The van der Waals surface area contributed by atoms with Gasteiger partial charge in [-0.3, -0.25) is 0 Å². The molecule has 0 amide bonds. The van der Waals surface area contributed by atoms with Crippen molar-refractivity contribution < 1.29 is 8.76 Å². The lowest BCUT2D eigenvalue weighted by molar-refractivity contribution is 0.574. The molecule has 0 saturated heterocycles. The molecule has 0 saturated carbocycles. The van der Waals surface area contributed by atoms with Gasteiger partial charge in [-0.2, -0.15) is 0 Å². The first-order valence-electron chi connectivity index (χ1n) is 2.16. The van der Waals surface area contributed by atoms with Crippen LogP contribution < -0.4 is 5.73 Å². The number of nitrogens with two attached hydrogens (primary N) is 1. The molecule has 0 bridgehead atoms. The minimum atomic E-state index is -1.85. The van der Waals surface area contributed by atoms with Crippen molar-refractivity contribution in [1.82, 2.24) is 0 Å². The third-order valence-electron chi connectivity index (χ3n) is 0.499. The highest BCUT2D eigenvalue weighted by molar-refractivity contribution is 7.82. The van der Waals surface area contributed by atoms with Crippen LogP contribution in [-0.4, -0.2) is 14.8 Å². The Morgan fingerprint density at radius 3 is 2.50 bits per heavy atom. The topological polar surface area (TPSA) is 63.3 Å². The lowest BCUT2D eigenvalue weighted by atomic mass is 10.4. The molecule has 4 heteroatoms. The van der Waals surface area contributed by atoms with E-state index in [-0.39, 0.29) is 6.04 Å². The van der Waals surface area contributed by atoms with Gasteiger partial charge in [0.2, 0.25) is 0 Å². The molecule has 0 aliphatic carbocycles. The van der Waals surface area contributed by atoms with Crippen LogP contribution in [0.15, 0.2) is 11.5 Å². The summed E-state index contributed by atoms with van der Waals surface area (Å²) in [6.07, 6.45) is 1.47. The van der Waals surface area contributed by atoms with E-state index in [1.54, 1.807) is 6.92 Å². The fraction of sp³-hybridized carbons (Fsp3) is 0.500. The maximum Gasteiger partial charge on any atom is 0.178 e. The Hall–Kier alpha value is -0.190. The van der Waals surface area contributed by atoms with Gasteiger partial charge in [-0.15, -0.1) is 0 Å². The highest BCUT2D eigenvalue weighted by Crippen LogP contribution is 1.80. The van der Waals surface area contributed by atoms with Gasteiger partial charge in [0.15, 0.2) is 11.1 Å². The molecule has 2 atom stereocenters. The van der Waals surface area contributed by atoms with E-state index in [1.807, 2.05) is 0 Å². The Morgan fingerprint density at radius 2 is 2.38 bits per heavy atom. The standard InChI is InChI=1S/C4H9NO2S/c1-4(5)2-3-8(6)7/h2-4H,5H2,1H3,(H,6,7)/b3-2+. The first-order valence-corrected chi connectivity index (χ1v) is 3.33. The average molecular weight is 135 g/mol. The van der Waals surface area contributed by atoms with E-state index in [1.165, 1.54) is 6.08 Å². The smallest absolute Gasteiger partial charge is 0.178 e. The lowest BCUT2D eigenvalue weighted by Crippen LogP contribution is -2.10. The normalized spacial score (nSPS) is 18.9. The monoisotopic (exact) mass is 135 g/mol. The van der Waals surface area contributed by atoms with E-state index in [0.717, 1.165) is 5.41 Å². The molecule has 8 heavy (non-hydrogen) atoms. The second-order valence-corrected chi connectivity index (χ2v) is 2.29. The van der Waals surface area contributed by atoms with Gasteiger partial charge in [0.1, 0.15) is 0 Å². The molecule has 0 fully saturated rings. The summed E-state index contributed by atoms with van der Waals surface area (Å²) < 4.78 is 18.0. The second-order valence-electron chi connectivity index (χ2n) is 1.46. The molecule has 3 N–H and O–H groups in total.